The van der Waals surface area contributed by atoms with Gasteiger partial charge in [0.1, 0.15) is 5.78 Å². The smallest absolute Gasteiger partial charge is 0.136 e. The van der Waals surface area contributed by atoms with E-state index in [-0.39, 0.29) is 29.5 Å². The third kappa shape index (κ3) is 2.35. The summed E-state index contributed by atoms with van der Waals surface area (Å²) in [6.07, 6.45) is 3.55. The molecule has 4 atom stereocenters. The fraction of sp³-hybridized carbons (Fsp3) is 0.933. The lowest BCUT2D eigenvalue weighted by Crippen LogP contribution is -2.55. The van der Waals surface area contributed by atoms with Gasteiger partial charge in [-0.25, -0.2) is 0 Å². The van der Waals surface area contributed by atoms with E-state index < -0.39 is 11.2 Å². The summed E-state index contributed by atoms with van der Waals surface area (Å²) in [6.45, 7) is 7.62. The number of aliphatic hydroxyl groups is 2. The summed E-state index contributed by atoms with van der Waals surface area (Å²) >= 11 is 0. The summed E-state index contributed by atoms with van der Waals surface area (Å²) in [5.41, 5.74) is -1.69. The Morgan fingerprint density at radius 1 is 1.28 bits per heavy atom. The number of hydrogen-bond donors (Lipinski definition) is 2. The van der Waals surface area contributed by atoms with Gasteiger partial charge in [0, 0.05) is 12.8 Å². The van der Waals surface area contributed by atoms with E-state index in [1.165, 1.54) is 0 Å². The van der Waals surface area contributed by atoms with Crippen molar-refractivity contribution < 1.29 is 15.0 Å². The summed E-state index contributed by atoms with van der Waals surface area (Å²) in [5, 5.41) is 20.8. The number of fused-ring (bicyclic) bond motifs is 1. The van der Waals surface area contributed by atoms with Gasteiger partial charge in [-0.05, 0) is 57.3 Å². The van der Waals surface area contributed by atoms with E-state index in [1.54, 1.807) is 6.92 Å². The summed E-state index contributed by atoms with van der Waals surface area (Å²) in [6, 6.07) is 0. The molecule has 3 heteroatoms. The number of ketones is 1. The molecule has 2 aliphatic rings. The van der Waals surface area contributed by atoms with Crippen LogP contribution in [0.3, 0.4) is 0 Å². The van der Waals surface area contributed by atoms with Crippen LogP contribution in [0.25, 0.3) is 0 Å². The summed E-state index contributed by atoms with van der Waals surface area (Å²) in [5.74, 6) is 0.517. The van der Waals surface area contributed by atoms with Crippen LogP contribution >= 0.6 is 0 Å². The van der Waals surface area contributed by atoms with Crippen LogP contribution < -0.4 is 0 Å². The van der Waals surface area contributed by atoms with E-state index in [0.29, 0.717) is 6.42 Å². The molecule has 0 spiro atoms. The number of rotatable bonds is 1. The zero-order valence-corrected chi connectivity index (χ0v) is 12.0. The second-order valence-electron chi connectivity index (χ2n) is 7.58. The van der Waals surface area contributed by atoms with E-state index in [0.717, 1.165) is 19.3 Å². The second-order valence-corrected chi connectivity index (χ2v) is 7.58. The van der Waals surface area contributed by atoms with Gasteiger partial charge < -0.3 is 10.2 Å². The maximum atomic E-state index is 11.8. The summed E-state index contributed by atoms with van der Waals surface area (Å²) < 4.78 is 0. The lowest BCUT2D eigenvalue weighted by atomic mass is 9.52. The first-order valence-corrected chi connectivity index (χ1v) is 7.01. The molecule has 3 nitrogen and oxygen atoms in total. The van der Waals surface area contributed by atoms with Gasteiger partial charge in [0.15, 0.2) is 0 Å². The van der Waals surface area contributed by atoms with Crippen LogP contribution in [0.4, 0.5) is 0 Å². The topological polar surface area (TPSA) is 57.5 Å². The van der Waals surface area contributed by atoms with Gasteiger partial charge in [-0.15, -0.1) is 0 Å². The van der Waals surface area contributed by atoms with E-state index in [1.807, 2.05) is 13.8 Å². The number of carbonyl (C=O) groups excluding carboxylic acids is 1. The highest BCUT2D eigenvalue weighted by Gasteiger charge is 2.54. The van der Waals surface area contributed by atoms with Crippen molar-refractivity contribution in [3.8, 4) is 0 Å². The highest BCUT2D eigenvalue weighted by Crippen LogP contribution is 2.55. The van der Waals surface area contributed by atoms with Crippen molar-refractivity contribution in [1.82, 2.24) is 0 Å². The fourth-order valence-corrected chi connectivity index (χ4v) is 4.26. The molecule has 2 aliphatic carbocycles. The second kappa shape index (κ2) is 4.04. The number of hydrogen-bond acceptors (Lipinski definition) is 3. The van der Waals surface area contributed by atoms with Gasteiger partial charge >= 0.3 is 0 Å². The van der Waals surface area contributed by atoms with Crippen LogP contribution in [0, 0.1) is 17.3 Å². The summed E-state index contributed by atoms with van der Waals surface area (Å²) in [7, 11) is 0. The van der Waals surface area contributed by atoms with E-state index in [2.05, 4.69) is 6.92 Å². The molecule has 0 bridgehead atoms. The van der Waals surface area contributed by atoms with Crippen LogP contribution in [0.15, 0.2) is 0 Å². The SMILES string of the molecule is CC(C)(O)[C@@H]1CC[C@@]2(C)CC(=O)C[C@@](C)(O)[C@H]2C1. The van der Waals surface area contributed by atoms with Crippen LogP contribution in [0.5, 0.6) is 0 Å². The normalized spacial score (nSPS) is 45.8. The van der Waals surface area contributed by atoms with Crippen molar-refractivity contribution in [3.63, 3.8) is 0 Å². The molecule has 0 aromatic carbocycles. The molecule has 0 aromatic rings. The minimum absolute atomic E-state index is 0.0828. The molecule has 18 heavy (non-hydrogen) atoms. The van der Waals surface area contributed by atoms with Crippen LogP contribution in [0.2, 0.25) is 0 Å². The van der Waals surface area contributed by atoms with Gasteiger partial charge in [-0.1, -0.05) is 6.92 Å². The van der Waals surface area contributed by atoms with E-state index in [4.69, 9.17) is 0 Å². The van der Waals surface area contributed by atoms with Crippen molar-refractivity contribution in [3.05, 3.63) is 0 Å². The Hall–Kier alpha value is -0.410. The van der Waals surface area contributed by atoms with Gasteiger partial charge in [0.05, 0.1) is 11.2 Å². The van der Waals surface area contributed by atoms with Gasteiger partial charge in [-0.3, -0.25) is 4.79 Å². The predicted octanol–water partition coefficient (Wildman–Crippen LogP) is 2.29. The number of Topliss-reactive ketones (excluding diaryl/α,β-unsaturated/α-hetero) is 1. The monoisotopic (exact) mass is 254 g/mol. The van der Waals surface area contributed by atoms with Gasteiger partial charge in [0.2, 0.25) is 0 Å². The lowest BCUT2D eigenvalue weighted by molar-refractivity contribution is -0.160. The average Bonchev–Trinajstić information content (AvgIpc) is 2.12. The lowest BCUT2D eigenvalue weighted by Gasteiger charge is -2.54. The van der Waals surface area contributed by atoms with Crippen molar-refractivity contribution in [2.24, 2.45) is 17.3 Å². The highest BCUT2D eigenvalue weighted by molar-refractivity contribution is 5.81. The Balaban J connectivity index is 2.26. The Bertz CT molecular complexity index is 353. The molecule has 0 aromatic heterocycles. The Labute approximate surface area is 110 Å². The molecular weight excluding hydrogens is 228 g/mol. The summed E-state index contributed by atoms with van der Waals surface area (Å²) in [4.78, 5) is 11.8. The molecule has 2 saturated carbocycles. The Kier molecular flexibility index (Phi) is 3.14. The Morgan fingerprint density at radius 2 is 1.89 bits per heavy atom. The predicted molar refractivity (Wildman–Crippen MR) is 70.1 cm³/mol. The van der Waals surface area contributed by atoms with Crippen LogP contribution in [-0.4, -0.2) is 27.2 Å². The first-order valence-electron chi connectivity index (χ1n) is 7.01. The standard InChI is InChI=1S/C15H26O3/c1-13(2,17)10-5-6-14(3)8-11(16)9-15(4,18)12(14)7-10/h10,12,17-18H,5-9H2,1-4H3/t10-,12+,14+,15-/m1/s1. The molecular formula is C15H26O3. The third-order valence-electron chi connectivity index (χ3n) is 5.33. The van der Waals surface area contributed by atoms with Crippen molar-refractivity contribution in [2.75, 3.05) is 0 Å². The highest BCUT2D eigenvalue weighted by atomic mass is 16.3. The molecule has 2 N–H and O–H groups in total. The molecule has 0 unspecified atom stereocenters. The van der Waals surface area contributed by atoms with Crippen LogP contribution in [0.1, 0.15) is 59.8 Å². The molecule has 104 valence electrons. The molecule has 0 aliphatic heterocycles. The molecule has 2 fully saturated rings. The van der Waals surface area contributed by atoms with Gasteiger partial charge in [-0.2, -0.15) is 0 Å². The van der Waals surface area contributed by atoms with E-state index >= 15 is 0 Å². The first kappa shape index (κ1) is 14.0. The molecule has 0 amide bonds. The van der Waals surface area contributed by atoms with Crippen molar-refractivity contribution >= 4 is 5.78 Å². The van der Waals surface area contributed by atoms with Crippen molar-refractivity contribution in [1.29, 1.82) is 0 Å². The van der Waals surface area contributed by atoms with Gasteiger partial charge in [0.25, 0.3) is 0 Å². The minimum atomic E-state index is -0.909. The molecule has 2 rings (SSSR count). The minimum Gasteiger partial charge on any atom is -0.390 e. The fourth-order valence-electron chi connectivity index (χ4n) is 4.26. The third-order valence-corrected chi connectivity index (χ3v) is 5.33. The van der Waals surface area contributed by atoms with E-state index in [9.17, 15) is 15.0 Å². The largest absolute Gasteiger partial charge is 0.390 e. The maximum absolute atomic E-state index is 11.8. The molecule has 0 saturated heterocycles. The zero-order chi connectivity index (χ0) is 13.8. The number of carbonyl (C=O) groups is 1. The average molecular weight is 254 g/mol. The first-order chi connectivity index (χ1) is 8.05. The van der Waals surface area contributed by atoms with Crippen molar-refractivity contribution in [2.45, 2.75) is 71.0 Å². The zero-order valence-electron chi connectivity index (χ0n) is 12.0. The molecule has 0 radical (unpaired) electrons. The Morgan fingerprint density at radius 3 is 2.44 bits per heavy atom. The van der Waals surface area contributed by atoms with Crippen LogP contribution in [-0.2, 0) is 4.79 Å². The quantitative estimate of drug-likeness (QED) is 0.755. The maximum Gasteiger partial charge on any atom is 0.136 e. The molecule has 0 heterocycles.